The molecule has 0 bridgehead atoms. The van der Waals surface area contributed by atoms with Crippen LogP contribution in [0.5, 0.6) is 0 Å². The van der Waals surface area contributed by atoms with E-state index < -0.39 is 0 Å². The molecule has 0 aliphatic carbocycles. The van der Waals surface area contributed by atoms with Gasteiger partial charge in [0.25, 0.3) is 0 Å². The summed E-state index contributed by atoms with van der Waals surface area (Å²) in [6.07, 6.45) is 3.06. The summed E-state index contributed by atoms with van der Waals surface area (Å²) in [7, 11) is 0. The molecule has 62 valence electrons. The molecule has 11 heavy (non-hydrogen) atoms. The second-order valence-electron chi connectivity index (χ2n) is 3.47. The first kappa shape index (κ1) is 7.10. The van der Waals surface area contributed by atoms with Gasteiger partial charge in [0.15, 0.2) is 0 Å². The van der Waals surface area contributed by atoms with Gasteiger partial charge in [-0.25, -0.2) is 0 Å². The van der Waals surface area contributed by atoms with E-state index in [4.69, 9.17) is 0 Å². The second kappa shape index (κ2) is 2.81. The number of amides is 1. The summed E-state index contributed by atoms with van der Waals surface area (Å²) >= 11 is 0. The Labute approximate surface area is 66.5 Å². The minimum atomic E-state index is 0.231. The fourth-order valence-electron chi connectivity index (χ4n) is 2.02. The molecule has 2 saturated heterocycles. The van der Waals surface area contributed by atoms with Gasteiger partial charge in [0, 0.05) is 19.0 Å². The lowest BCUT2D eigenvalue weighted by molar-refractivity contribution is -0.124. The summed E-state index contributed by atoms with van der Waals surface area (Å²) in [6, 6.07) is 0.421. The van der Waals surface area contributed by atoms with Crippen LogP contribution in [-0.2, 0) is 4.79 Å². The van der Waals surface area contributed by atoms with Crippen molar-refractivity contribution < 1.29 is 4.79 Å². The lowest BCUT2D eigenvalue weighted by Gasteiger charge is -2.36. The summed E-state index contributed by atoms with van der Waals surface area (Å²) in [4.78, 5) is 11.0. The molecule has 2 aliphatic heterocycles. The van der Waals surface area contributed by atoms with Crippen LogP contribution in [0.25, 0.3) is 0 Å². The molecule has 0 saturated carbocycles. The number of carbonyl (C=O) groups is 1. The van der Waals surface area contributed by atoms with Crippen molar-refractivity contribution >= 4 is 5.91 Å². The summed E-state index contributed by atoms with van der Waals surface area (Å²) in [6.45, 7) is 2.09. The maximum absolute atomic E-state index is 11.0. The van der Waals surface area contributed by atoms with Crippen molar-refractivity contribution in [3.63, 3.8) is 0 Å². The lowest BCUT2D eigenvalue weighted by atomic mass is 9.85. The van der Waals surface area contributed by atoms with E-state index in [2.05, 4.69) is 10.6 Å². The van der Waals surface area contributed by atoms with Crippen LogP contribution < -0.4 is 10.6 Å². The van der Waals surface area contributed by atoms with E-state index in [1.807, 2.05) is 0 Å². The smallest absolute Gasteiger partial charge is 0.220 e. The van der Waals surface area contributed by atoms with Crippen molar-refractivity contribution in [2.24, 2.45) is 5.92 Å². The van der Waals surface area contributed by atoms with E-state index in [-0.39, 0.29) is 5.91 Å². The second-order valence-corrected chi connectivity index (χ2v) is 3.47. The molecule has 2 heterocycles. The van der Waals surface area contributed by atoms with Crippen LogP contribution in [-0.4, -0.2) is 25.0 Å². The third-order valence-electron chi connectivity index (χ3n) is 2.71. The molecular weight excluding hydrogens is 140 g/mol. The lowest BCUT2D eigenvalue weighted by Crippen LogP contribution is -2.53. The number of hydrogen-bond donors (Lipinski definition) is 2. The zero-order chi connectivity index (χ0) is 7.68. The number of fused-ring (bicyclic) bond motifs is 1. The van der Waals surface area contributed by atoms with Gasteiger partial charge in [0.05, 0.1) is 0 Å². The Bertz CT molecular complexity index is 169. The molecule has 0 spiro atoms. The molecule has 0 aromatic rings. The van der Waals surface area contributed by atoms with Crippen LogP contribution >= 0.6 is 0 Å². The highest BCUT2D eigenvalue weighted by atomic mass is 16.1. The predicted molar refractivity (Wildman–Crippen MR) is 42.1 cm³/mol. The Kier molecular flexibility index (Phi) is 1.82. The molecular formula is C8H14N2O. The average Bonchev–Trinajstić information content (AvgIpc) is 2.04. The van der Waals surface area contributed by atoms with Crippen molar-refractivity contribution in [3.8, 4) is 0 Å². The number of rotatable bonds is 0. The minimum absolute atomic E-state index is 0.231. The van der Waals surface area contributed by atoms with Crippen LogP contribution in [0.4, 0.5) is 0 Å². The van der Waals surface area contributed by atoms with Crippen molar-refractivity contribution in [2.75, 3.05) is 13.1 Å². The van der Waals surface area contributed by atoms with Gasteiger partial charge in [-0.2, -0.15) is 0 Å². The maximum Gasteiger partial charge on any atom is 0.220 e. The highest BCUT2D eigenvalue weighted by Gasteiger charge is 2.30. The van der Waals surface area contributed by atoms with Gasteiger partial charge in [-0.1, -0.05) is 0 Å². The summed E-state index contributed by atoms with van der Waals surface area (Å²) < 4.78 is 0. The Hall–Kier alpha value is -0.570. The molecule has 0 aromatic carbocycles. The molecule has 0 radical (unpaired) electrons. The number of nitrogens with one attached hydrogen (secondary N) is 2. The van der Waals surface area contributed by atoms with Gasteiger partial charge in [0.2, 0.25) is 5.91 Å². The standard InChI is InChI=1S/C8H14N2O/c11-8-2-1-6-3-4-9-5-7(6)10-8/h6-7,9H,1-5H2,(H,10,11)/t6-,7-/m1/s1. The number of carbonyl (C=O) groups excluding carboxylic acids is 1. The van der Waals surface area contributed by atoms with Crippen LogP contribution in [0.3, 0.4) is 0 Å². The van der Waals surface area contributed by atoms with Crippen molar-refractivity contribution in [1.29, 1.82) is 0 Å². The van der Waals surface area contributed by atoms with Crippen molar-refractivity contribution in [3.05, 3.63) is 0 Å². The van der Waals surface area contributed by atoms with Crippen LogP contribution in [0.1, 0.15) is 19.3 Å². The Morgan fingerprint density at radius 1 is 1.36 bits per heavy atom. The highest BCUT2D eigenvalue weighted by Crippen LogP contribution is 2.22. The van der Waals surface area contributed by atoms with Crippen molar-refractivity contribution in [2.45, 2.75) is 25.3 Å². The van der Waals surface area contributed by atoms with E-state index in [0.29, 0.717) is 6.04 Å². The molecule has 1 amide bonds. The monoisotopic (exact) mass is 154 g/mol. The van der Waals surface area contributed by atoms with Gasteiger partial charge in [-0.05, 0) is 25.3 Å². The fourth-order valence-corrected chi connectivity index (χ4v) is 2.02. The van der Waals surface area contributed by atoms with Crippen molar-refractivity contribution in [1.82, 2.24) is 10.6 Å². The number of piperidine rings is 2. The Balaban J connectivity index is 1.98. The third kappa shape index (κ3) is 1.38. The van der Waals surface area contributed by atoms with Gasteiger partial charge in [-0.3, -0.25) is 4.79 Å². The first-order valence-corrected chi connectivity index (χ1v) is 4.36. The summed E-state index contributed by atoms with van der Waals surface area (Å²) in [5.74, 6) is 0.976. The first-order chi connectivity index (χ1) is 5.36. The van der Waals surface area contributed by atoms with Gasteiger partial charge >= 0.3 is 0 Å². The van der Waals surface area contributed by atoms with E-state index in [1.165, 1.54) is 6.42 Å². The molecule has 2 aliphatic rings. The molecule has 2 rings (SSSR count). The molecule has 3 heteroatoms. The van der Waals surface area contributed by atoms with Gasteiger partial charge < -0.3 is 10.6 Å². The topological polar surface area (TPSA) is 41.1 Å². The molecule has 2 fully saturated rings. The molecule has 2 N–H and O–H groups in total. The van der Waals surface area contributed by atoms with Crippen LogP contribution in [0.2, 0.25) is 0 Å². The maximum atomic E-state index is 11.0. The molecule has 3 nitrogen and oxygen atoms in total. The minimum Gasteiger partial charge on any atom is -0.352 e. The van der Waals surface area contributed by atoms with E-state index in [1.54, 1.807) is 0 Å². The fraction of sp³-hybridized carbons (Fsp3) is 0.875. The Morgan fingerprint density at radius 2 is 2.27 bits per heavy atom. The van der Waals surface area contributed by atoms with Gasteiger partial charge in [0.1, 0.15) is 0 Å². The zero-order valence-electron chi connectivity index (χ0n) is 6.60. The average molecular weight is 154 g/mol. The normalized spacial score (nSPS) is 37.6. The quantitative estimate of drug-likeness (QED) is 0.510. The molecule has 0 unspecified atom stereocenters. The zero-order valence-corrected chi connectivity index (χ0v) is 6.60. The van der Waals surface area contributed by atoms with E-state index >= 15 is 0 Å². The van der Waals surface area contributed by atoms with E-state index in [9.17, 15) is 4.79 Å². The van der Waals surface area contributed by atoms with Crippen LogP contribution in [0.15, 0.2) is 0 Å². The number of hydrogen-bond acceptors (Lipinski definition) is 2. The van der Waals surface area contributed by atoms with Crippen LogP contribution in [0, 0.1) is 5.92 Å². The summed E-state index contributed by atoms with van der Waals surface area (Å²) in [5, 5.41) is 6.31. The molecule has 0 aromatic heterocycles. The first-order valence-electron chi connectivity index (χ1n) is 4.36. The largest absolute Gasteiger partial charge is 0.352 e. The Morgan fingerprint density at radius 3 is 3.18 bits per heavy atom. The van der Waals surface area contributed by atoms with E-state index in [0.717, 1.165) is 31.8 Å². The molecule has 2 atom stereocenters. The SMILES string of the molecule is O=C1CC[C@@H]2CCNC[C@H]2N1. The van der Waals surface area contributed by atoms with Gasteiger partial charge in [-0.15, -0.1) is 0 Å². The summed E-state index contributed by atoms with van der Waals surface area (Å²) in [5.41, 5.74) is 0. The third-order valence-corrected chi connectivity index (χ3v) is 2.71. The highest BCUT2D eigenvalue weighted by molar-refractivity contribution is 5.77. The predicted octanol–water partition coefficient (Wildman–Crippen LogP) is -0.126.